The van der Waals surface area contributed by atoms with E-state index >= 15 is 0 Å². The summed E-state index contributed by atoms with van der Waals surface area (Å²) in [5, 5.41) is 2.85. The fourth-order valence-corrected chi connectivity index (χ4v) is 1.26. The molecule has 1 N–H and O–H groups in total. The maximum absolute atomic E-state index is 5.70. The molecule has 18 heavy (non-hydrogen) atoms. The zero-order valence-electron chi connectivity index (χ0n) is 10.5. The first-order chi connectivity index (χ1) is 8.76. The maximum Gasteiger partial charge on any atom is 0.322 e. The number of nitrogens with one attached hydrogen (secondary N) is 1. The van der Waals surface area contributed by atoms with Crippen LogP contribution in [-0.4, -0.2) is 55.5 Å². The van der Waals surface area contributed by atoms with Gasteiger partial charge in [-0.3, -0.25) is 0 Å². The summed E-state index contributed by atoms with van der Waals surface area (Å²) in [5.74, 6) is 0.367. The van der Waals surface area contributed by atoms with Crippen LogP contribution >= 0.6 is 11.6 Å². The van der Waals surface area contributed by atoms with Crippen LogP contribution in [0.25, 0.3) is 0 Å². The highest BCUT2D eigenvalue weighted by Crippen LogP contribution is 2.10. The molecule has 1 heterocycles. The number of nitrogens with zero attached hydrogens (tertiary/aromatic N) is 3. The molecule has 0 aliphatic heterocycles. The van der Waals surface area contributed by atoms with Crippen LogP contribution in [0, 0.1) is 0 Å². The minimum absolute atomic E-state index is 0.0883. The quantitative estimate of drug-likeness (QED) is 0.674. The third kappa shape index (κ3) is 5.95. The van der Waals surface area contributed by atoms with Gasteiger partial charge in [-0.05, 0) is 18.0 Å². The van der Waals surface area contributed by atoms with Gasteiger partial charge in [-0.2, -0.15) is 15.0 Å². The molecule has 0 aliphatic rings. The molecule has 0 bridgehead atoms. The first kappa shape index (κ1) is 14.9. The maximum atomic E-state index is 5.70. The summed E-state index contributed by atoms with van der Waals surface area (Å²) in [6, 6.07) is 0.180. The molecule has 1 rings (SSSR count). The number of ether oxygens (including phenoxy) is 3. The first-order valence-corrected chi connectivity index (χ1v) is 5.93. The number of aromatic nitrogens is 3. The third-order valence-electron chi connectivity index (χ3n) is 1.91. The second-order valence-electron chi connectivity index (χ2n) is 3.27. The molecule has 0 saturated carbocycles. The summed E-state index contributed by atoms with van der Waals surface area (Å²) < 4.78 is 15.5. The molecule has 1 aromatic rings. The summed E-state index contributed by atoms with van der Waals surface area (Å²) in [5.41, 5.74) is 0. The van der Waals surface area contributed by atoms with Gasteiger partial charge in [0.15, 0.2) is 0 Å². The Balaban J connectivity index is 2.20. The van der Waals surface area contributed by atoms with E-state index in [4.69, 9.17) is 25.8 Å². The van der Waals surface area contributed by atoms with Gasteiger partial charge >= 0.3 is 6.01 Å². The van der Waals surface area contributed by atoms with Crippen molar-refractivity contribution < 1.29 is 14.2 Å². The highest BCUT2D eigenvalue weighted by molar-refractivity contribution is 6.28. The second kappa shape index (κ2) is 8.84. The molecular formula is C10H17ClN4O3. The Bertz CT molecular complexity index is 354. The van der Waals surface area contributed by atoms with Crippen LogP contribution in [0.15, 0.2) is 0 Å². The van der Waals surface area contributed by atoms with Crippen molar-refractivity contribution in [2.45, 2.75) is 6.42 Å². The Hall–Kier alpha value is -1.18. The fraction of sp³-hybridized carbons (Fsp3) is 0.700. The summed E-state index contributed by atoms with van der Waals surface area (Å²) >= 11 is 5.70. The molecule has 8 heteroatoms. The van der Waals surface area contributed by atoms with Gasteiger partial charge < -0.3 is 19.5 Å². The van der Waals surface area contributed by atoms with Crippen LogP contribution in [0.4, 0.5) is 5.95 Å². The highest BCUT2D eigenvalue weighted by atomic mass is 35.5. The van der Waals surface area contributed by atoms with Crippen LogP contribution in [0.2, 0.25) is 5.28 Å². The number of methoxy groups -OCH3 is 1. The van der Waals surface area contributed by atoms with E-state index in [1.807, 2.05) is 0 Å². The van der Waals surface area contributed by atoms with E-state index in [-0.39, 0.29) is 11.3 Å². The summed E-state index contributed by atoms with van der Waals surface area (Å²) in [4.78, 5) is 11.7. The summed E-state index contributed by atoms with van der Waals surface area (Å²) in [6.45, 7) is 2.14. The lowest BCUT2D eigenvalue weighted by Gasteiger charge is -2.06. The van der Waals surface area contributed by atoms with Crippen molar-refractivity contribution in [3.05, 3.63) is 5.28 Å². The van der Waals surface area contributed by atoms with E-state index in [1.54, 1.807) is 14.2 Å². The molecule has 0 radical (unpaired) electrons. The summed E-state index contributed by atoms with van der Waals surface area (Å²) in [7, 11) is 3.35. The molecule has 102 valence electrons. The zero-order chi connectivity index (χ0) is 13.2. The predicted octanol–water partition coefficient (Wildman–Crippen LogP) is 0.999. The van der Waals surface area contributed by atoms with Crippen molar-refractivity contribution in [3.63, 3.8) is 0 Å². The van der Waals surface area contributed by atoms with Gasteiger partial charge in [0.2, 0.25) is 11.2 Å². The van der Waals surface area contributed by atoms with Crippen molar-refractivity contribution in [3.8, 4) is 6.01 Å². The Morgan fingerprint density at radius 1 is 1.11 bits per heavy atom. The standard InChI is InChI=1S/C10H17ClN4O3/c1-12-9-13-8(11)14-10(15-9)18-7-6-17-5-3-4-16-2/h3-7H2,1-2H3,(H,12,13,14,15). The van der Waals surface area contributed by atoms with Gasteiger partial charge in [-0.1, -0.05) is 0 Å². The van der Waals surface area contributed by atoms with Gasteiger partial charge in [0.25, 0.3) is 0 Å². The Morgan fingerprint density at radius 2 is 1.94 bits per heavy atom. The van der Waals surface area contributed by atoms with Crippen molar-refractivity contribution >= 4 is 17.5 Å². The van der Waals surface area contributed by atoms with E-state index < -0.39 is 0 Å². The molecule has 1 aromatic heterocycles. The van der Waals surface area contributed by atoms with Crippen molar-refractivity contribution in [2.24, 2.45) is 0 Å². The van der Waals surface area contributed by atoms with Crippen LogP contribution in [0.5, 0.6) is 6.01 Å². The smallest absolute Gasteiger partial charge is 0.322 e. The topological polar surface area (TPSA) is 78.4 Å². The van der Waals surface area contributed by atoms with Crippen molar-refractivity contribution in [1.82, 2.24) is 15.0 Å². The van der Waals surface area contributed by atoms with Gasteiger partial charge in [0, 0.05) is 27.4 Å². The molecule has 0 aromatic carbocycles. The molecule has 0 atom stereocenters. The third-order valence-corrected chi connectivity index (χ3v) is 2.08. The SMILES string of the molecule is CNc1nc(Cl)nc(OCCOCCCOC)n1. The number of halogens is 1. The van der Waals surface area contributed by atoms with Gasteiger partial charge in [0.05, 0.1) is 6.61 Å². The average Bonchev–Trinajstić information content (AvgIpc) is 2.37. The van der Waals surface area contributed by atoms with E-state index in [0.29, 0.717) is 32.4 Å². The van der Waals surface area contributed by atoms with Crippen LogP contribution in [0.3, 0.4) is 0 Å². The molecule has 0 spiro atoms. The number of rotatable bonds is 9. The van der Waals surface area contributed by atoms with Crippen molar-refractivity contribution in [1.29, 1.82) is 0 Å². The van der Waals surface area contributed by atoms with Crippen LogP contribution < -0.4 is 10.1 Å². The normalized spacial score (nSPS) is 10.4. The number of anilines is 1. The number of hydrogen-bond donors (Lipinski definition) is 1. The largest absolute Gasteiger partial charge is 0.461 e. The van der Waals surface area contributed by atoms with Gasteiger partial charge in [-0.15, -0.1) is 0 Å². The second-order valence-corrected chi connectivity index (χ2v) is 3.61. The van der Waals surface area contributed by atoms with Crippen molar-refractivity contribution in [2.75, 3.05) is 45.9 Å². The highest BCUT2D eigenvalue weighted by Gasteiger charge is 2.04. The minimum atomic E-state index is 0.0883. The van der Waals surface area contributed by atoms with E-state index in [1.165, 1.54) is 0 Å². The predicted molar refractivity (Wildman–Crippen MR) is 67.2 cm³/mol. The van der Waals surface area contributed by atoms with Crippen LogP contribution in [-0.2, 0) is 9.47 Å². The first-order valence-electron chi connectivity index (χ1n) is 5.55. The lowest BCUT2D eigenvalue weighted by molar-refractivity contribution is 0.0783. The summed E-state index contributed by atoms with van der Waals surface area (Å²) in [6.07, 6.45) is 0.859. The molecular weight excluding hydrogens is 260 g/mol. The Kier molecular flexibility index (Phi) is 7.31. The molecule has 0 amide bonds. The van der Waals surface area contributed by atoms with E-state index in [9.17, 15) is 0 Å². The zero-order valence-corrected chi connectivity index (χ0v) is 11.2. The van der Waals surface area contributed by atoms with Gasteiger partial charge in [0.1, 0.15) is 6.61 Å². The van der Waals surface area contributed by atoms with E-state index in [0.717, 1.165) is 6.42 Å². The fourth-order valence-electron chi connectivity index (χ4n) is 1.11. The Morgan fingerprint density at radius 3 is 2.67 bits per heavy atom. The molecule has 0 aliphatic carbocycles. The Labute approximate surface area is 111 Å². The van der Waals surface area contributed by atoms with Crippen LogP contribution in [0.1, 0.15) is 6.42 Å². The lowest BCUT2D eigenvalue weighted by Crippen LogP contribution is -2.11. The molecule has 0 unspecified atom stereocenters. The molecule has 0 saturated heterocycles. The molecule has 7 nitrogen and oxygen atoms in total. The minimum Gasteiger partial charge on any atom is -0.461 e. The monoisotopic (exact) mass is 276 g/mol. The number of hydrogen-bond acceptors (Lipinski definition) is 7. The van der Waals surface area contributed by atoms with Gasteiger partial charge in [-0.25, -0.2) is 0 Å². The van der Waals surface area contributed by atoms with E-state index in [2.05, 4.69) is 20.3 Å². The average molecular weight is 277 g/mol. The lowest BCUT2D eigenvalue weighted by atomic mass is 10.5. The molecule has 0 fully saturated rings.